The number of rotatable bonds is 7. The molecule has 0 atom stereocenters. The van der Waals surface area contributed by atoms with E-state index in [2.05, 4.69) is 16.0 Å². The van der Waals surface area contributed by atoms with Gasteiger partial charge in [0.25, 0.3) is 0 Å². The number of nitrogens with one attached hydrogen (secondary N) is 3. The van der Waals surface area contributed by atoms with E-state index >= 15 is 0 Å². The Morgan fingerprint density at radius 1 is 0.897 bits per heavy atom. The summed E-state index contributed by atoms with van der Waals surface area (Å²) in [6, 6.07) is 13.5. The largest absolute Gasteiger partial charge is 0.478 e. The zero-order chi connectivity index (χ0) is 20.6. The van der Waals surface area contributed by atoms with Crippen molar-refractivity contribution in [3.8, 4) is 0 Å². The third-order valence-electron chi connectivity index (χ3n) is 5.03. The lowest BCUT2D eigenvalue weighted by molar-refractivity contribution is -0.119. The van der Waals surface area contributed by atoms with Crippen LogP contribution in [-0.4, -0.2) is 23.0 Å². The van der Waals surface area contributed by atoms with Gasteiger partial charge in [0.15, 0.2) is 0 Å². The predicted octanol–water partition coefficient (Wildman–Crippen LogP) is 3.51. The molecule has 2 aromatic carbocycles. The quantitative estimate of drug-likeness (QED) is 0.575. The molecule has 1 saturated carbocycles. The van der Waals surface area contributed by atoms with Crippen LogP contribution in [0.25, 0.3) is 0 Å². The second-order valence-corrected chi connectivity index (χ2v) is 7.21. The van der Waals surface area contributed by atoms with E-state index in [1.165, 1.54) is 12.1 Å². The number of carbonyl (C=O) groups is 3. The third kappa shape index (κ3) is 6.07. The Balaban J connectivity index is 1.44. The van der Waals surface area contributed by atoms with E-state index in [4.69, 9.17) is 5.11 Å². The number of amides is 3. The van der Waals surface area contributed by atoms with Crippen LogP contribution in [0.1, 0.15) is 47.2 Å². The Labute approximate surface area is 169 Å². The van der Waals surface area contributed by atoms with Crippen molar-refractivity contribution in [1.29, 1.82) is 0 Å². The normalized spacial score (nSPS) is 13.7. The van der Waals surface area contributed by atoms with Gasteiger partial charge in [0.1, 0.15) is 0 Å². The number of urea groups is 1. The van der Waals surface area contributed by atoms with E-state index < -0.39 is 5.97 Å². The van der Waals surface area contributed by atoms with Gasteiger partial charge in [0.05, 0.1) is 5.56 Å². The summed E-state index contributed by atoms with van der Waals surface area (Å²) in [5.41, 5.74) is 2.63. The first-order valence-corrected chi connectivity index (χ1v) is 9.75. The van der Waals surface area contributed by atoms with E-state index in [-0.39, 0.29) is 23.4 Å². The van der Waals surface area contributed by atoms with Crippen LogP contribution in [0.2, 0.25) is 0 Å². The summed E-state index contributed by atoms with van der Waals surface area (Å²) in [6.07, 6.45) is 4.13. The zero-order valence-electron chi connectivity index (χ0n) is 16.1. The minimum Gasteiger partial charge on any atom is -0.478 e. The first-order chi connectivity index (χ1) is 14.0. The Hall–Kier alpha value is -3.35. The van der Waals surface area contributed by atoms with Crippen molar-refractivity contribution in [3.05, 3.63) is 65.2 Å². The third-order valence-corrected chi connectivity index (χ3v) is 5.03. The monoisotopic (exact) mass is 395 g/mol. The number of aromatic carboxylic acids is 1. The van der Waals surface area contributed by atoms with E-state index in [9.17, 15) is 14.4 Å². The number of anilines is 1. The molecule has 0 radical (unpaired) electrons. The molecular weight excluding hydrogens is 370 g/mol. The average molecular weight is 395 g/mol. The maximum absolute atomic E-state index is 12.2. The predicted molar refractivity (Wildman–Crippen MR) is 110 cm³/mol. The minimum absolute atomic E-state index is 0.0688. The van der Waals surface area contributed by atoms with Crippen molar-refractivity contribution < 1.29 is 19.5 Å². The van der Waals surface area contributed by atoms with Crippen LogP contribution >= 0.6 is 0 Å². The number of carboxylic acids is 1. The van der Waals surface area contributed by atoms with Gasteiger partial charge in [-0.25, -0.2) is 9.59 Å². The maximum atomic E-state index is 12.2. The highest BCUT2D eigenvalue weighted by Crippen LogP contribution is 2.26. The fourth-order valence-corrected chi connectivity index (χ4v) is 3.38. The molecule has 0 spiro atoms. The highest BCUT2D eigenvalue weighted by molar-refractivity contribution is 5.92. The summed E-state index contributed by atoms with van der Waals surface area (Å²) in [6.45, 7) is 0.625. The van der Waals surface area contributed by atoms with Crippen molar-refractivity contribution >= 4 is 23.6 Å². The molecule has 0 aromatic heterocycles. The van der Waals surface area contributed by atoms with Crippen molar-refractivity contribution in [2.45, 2.75) is 38.8 Å². The molecule has 0 aliphatic heterocycles. The van der Waals surface area contributed by atoms with Crippen molar-refractivity contribution in [3.63, 3.8) is 0 Å². The molecule has 4 N–H and O–H groups in total. The molecule has 0 unspecified atom stereocenters. The van der Waals surface area contributed by atoms with Gasteiger partial charge < -0.3 is 21.1 Å². The fraction of sp³-hybridized carbons (Fsp3) is 0.318. The summed E-state index contributed by atoms with van der Waals surface area (Å²) >= 11 is 0. The van der Waals surface area contributed by atoms with Crippen molar-refractivity contribution in [2.75, 3.05) is 5.32 Å². The molecule has 1 aliphatic carbocycles. The summed E-state index contributed by atoms with van der Waals surface area (Å²) in [5.74, 6) is -0.810. The van der Waals surface area contributed by atoms with Gasteiger partial charge in [0.2, 0.25) is 5.91 Å². The van der Waals surface area contributed by atoms with Crippen LogP contribution in [0.3, 0.4) is 0 Å². The Morgan fingerprint density at radius 3 is 2.21 bits per heavy atom. The second kappa shape index (κ2) is 9.73. The van der Waals surface area contributed by atoms with Crippen molar-refractivity contribution in [1.82, 2.24) is 10.6 Å². The van der Waals surface area contributed by atoms with Crippen LogP contribution < -0.4 is 16.0 Å². The molecule has 3 amide bonds. The standard InChI is InChI=1S/C22H25N3O4/c26-20(17-5-1-2-6-17)25-19-7-3-4-16(12-19)14-24-22(29)23-13-15-8-10-18(11-9-15)21(27)28/h3-4,7-12,17H,1-2,5-6,13-14H2,(H,25,26)(H,27,28)(H2,23,24,29). The molecule has 0 heterocycles. The van der Waals surface area contributed by atoms with Crippen LogP contribution in [0.15, 0.2) is 48.5 Å². The molecular formula is C22H25N3O4. The smallest absolute Gasteiger partial charge is 0.335 e. The lowest BCUT2D eigenvalue weighted by Crippen LogP contribution is -2.34. The molecule has 1 fully saturated rings. The second-order valence-electron chi connectivity index (χ2n) is 7.21. The number of benzene rings is 2. The van der Waals surface area contributed by atoms with E-state index in [0.717, 1.165) is 42.5 Å². The number of carboxylic acid groups (broad SMARTS) is 1. The van der Waals surface area contributed by atoms with Gasteiger partial charge in [-0.2, -0.15) is 0 Å². The molecule has 29 heavy (non-hydrogen) atoms. The first-order valence-electron chi connectivity index (χ1n) is 9.75. The number of carbonyl (C=O) groups excluding carboxylic acids is 2. The van der Waals surface area contributed by atoms with E-state index in [1.54, 1.807) is 12.1 Å². The van der Waals surface area contributed by atoms with Gasteiger partial charge in [0, 0.05) is 24.7 Å². The van der Waals surface area contributed by atoms with E-state index in [0.29, 0.717) is 13.1 Å². The van der Waals surface area contributed by atoms with Gasteiger partial charge in [-0.15, -0.1) is 0 Å². The molecule has 0 bridgehead atoms. The Bertz CT molecular complexity index is 874. The summed E-state index contributed by atoms with van der Waals surface area (Å²) in [4.78, 5) is 35.1. The lowest BCUT2D eigenvalue weighted by atomic mass is 10.1. The highest BCUT2D eigenvalue weighted by atomic mass is 16.4. The van der Waals surface area contributed by atoms with Crippen molar-refractivity contribution in [2.24, 2.45) is 5.92 Å². The van der Waals surface area contributed by atoms with Crippen LogP contribution in [0.4, 0.5) is 10.5 Å². The molecule has 0 saturated heterocycles. The average Bonchev–Trinajstić information content (AvgIpc) is 3.26. The molecule has 3 rings (SSSR count). The van der Waals surface area contributed by atoms with Gasteiger partial charge in [-0.1, -0.05) is 37.1 Å². The summed E-state index contributed by atoms with van der Waals surface area (Å²) in [7, 11) is 0. The topological polar surface area (TPSA) is 108 Å². The maximum Gasteiger partial charge on any atom is 0.335 e. The van der Waals surface area contributed by atoms with Gasteiger partial charge >= 0.3 is 12.0 Å². The SMILES string of the molecule is O=C(NCc1ccc(C(=O)O)cc1)NCc1cccc(NC(=O)C2CCCC2)c1. The molecule has 1 aliphatic rings. The van der Waals surface area contributed by atoms with Gasteiger partial charge in [-0.05, 0) is 48.2 Å². The number of hydrogen-bond acceptors (Lipinski definition) is 3. The van der Waals surface area contributed by atoms with Crippen LogP contribution in [0.5, 0.6) is 0 Å². The Kier molecular flexibility index (Phi) is 6.84. The highest BCUT2D eigenvalue weighted by Gasteiger charge is 2.22. The lowest BCUT2D eigenvalue weighted by Gasteiger charge is -2.12. The molecule has 152 valence electrons. The fourth-order valence-electron chi connectivity index (χ4n) is 3.38. The minimum atomic E-state index is -0.982. The van der Waals surface area contributed by atoms with E-state index in [1.807, 2.05) is 24.3 Å². The van der Waals surface area contributed by atoms with Gasteiger partial charge in [-0.3, -0.25) is 4.79 Å². The zero-order valence-corrected chi connectivity index (χ0v) is 16.1. The number of hydrogen-bond donors (Lipinski definition) is 4. The molecule has 7 nitrogen and oxygen atoms in total. The molecule has 2 aromatic rings. The summed E-state index contributed by atoms with van der Waals surface area (Å²) in [5, 5.41) is 17.4. The summed E-state index contributed by atoms with van der Waals surface area (Å²) < 4.78 is 0. The Morgan fingerprint density at radius 2 is 1.55 bits per heavy atom. The molecule has 7 heteroatoms. The van der Waals surface area contributed by atoms with Crippen LogP contribution in [-0.2, 0) is 17.9 Å². The van der Waals surface area contributed by atoms with Crippen LogP contribution in [0, 0.1) is 5.92 Å². The first kappa shape index (κ1) is 20.4.